The second kappa shape index (κ2) is 9.23. The first-order chi connectivity index (χ1) is 11.9. The van der Waals surface area contributed by atoms with Crippen molar-refractivity contribution in [1.29, 1.82) is 0 Å². The molecule has 5 nitrogen and oxygen atoms in total. The van der Waals surface area contributed by atoms with Gasteiger partial charge in [0.25, 0.3) is 0 Å². The van der Waals surface area contributed by atoms with Crippen molar-refractivity contribution >= 4 is 18.3 Å². The van der Waals surface area contributed by atoms with Gasteiger partial charge in [-0.3, -0.25) is 9.48 Å². The Labute approximate surface area is 164 Å². The number of likely N-dealkylation sites (tertiary alicyclic amines) is 1. The van der Waals surface area contributed by atoms with Gasteiger partial charge in [0.1, 0.15) is 0 Å². The van der Waals surface area contributed by atoms with Crippen LogP contribution in [0, 0.1) is 25.7 Å². The minimum atomic E-state index is 0. The van der Waals surface area contributed by atoms with E-state index in [1.54, 1.807) is 0 Å². The Kier molecular flexibility index (Phi) is 7.53. The number of aryl methyl sites for hydroxylation is 1. The van der Waals surface area contributed by atoms with Gasteiger partial charge in [-0.05, 0) is 57.9 Å². The molecule has 0 atom stereocenters. The molecule has 148 valence electrons. The highest BCUT2D eigenvalue weighted by Gasteiger charge is 2.26. The molecule has 2 aliphatic rings. The van der Waals surface area contributed by atoms with Crippen molar-refractivity contribution in [1.82, 2.24) is 20.0 Å². The minimum Gasteiger partial charge on any atom is -0.342 e. The second-order valence-electron chi connectivity index (χ2n) is 8.41. The third-order valence-electron chi connectivity index (χ3n) is 5.64. The van der Waals surface area contributed by atoms with E-state index in [-0.39, 0.29) is 18.3 Å². The largest absolute Gasteiger partial charge is 0.342 e. The number of hydrogen-bond acceptors (Lipinski definition) is 3. The van der Waals surface area contributed by atoms with E-state index in [4.69, 9.17) is 0 Å². The first-order valence-electron chi connectivity index (χ1n) is 9.98. The lowest BCUT2D eigenvalue weighted by atomic mass is 10.0. The maximum atomic E-state index is 12.8. The highest BCUT2D eigenvalue weighted by molar-refractivity contribution is 5.85. The quantitative estimate of drug-likeness (QED) is 0.788. The summed E-state index contributed by atoms with van der Waals surface area (Å²) in [5, 5.41) is 8.32. The number of amides is 1. The van der Waals surface area contributed by atoms with Crippen LogP contribution in [0.3, 0.4) is 0 Å². The molecule has 1 aromatic rings. The zero-order chi connectivity index (χ0) is 18.0. The van der Waals surface area contributed by atoms with E-state index in [1.165, 1.54) is 19.4 Å². The Hall–Kier alpha value is -1.07. The summed E-state index contributed by atoms with van der Waals surface area (Å²) in [4.78, 5) is 14.8. The van der Waals surface area contributed by atoms with E-state index in [2.05, 4.69) is 35.9 Å². The first kappa shape index (κ1) is 21.2. The lowest BCUT2D eigenvalue weighted by molar-refractivity contribution is -0.131. The van der Waals surface area contributed by atoms with Crippen LogP contribution < -0.4 is 5.32 Å². The molecule has 0 radical (unpaired) electrons. The molecular weight excluding hydrogens is 348 g/mol. The molecule has 1 saturated carbocycles. The molecule has 26 heavy (non-hydrogen) atoms. The van der Waals surface area contributed by atoms with Crippen LogP contribution in [0.25, 0.3) is 0 Å². The summed E-state index contributed by atoms with van der Waals surface area (Å²) in [5.74, 6) is 1.74. The highest BCUT2D eigenvalue weighted by atomic mass is 35.5. The summed E-state index contributed by atoms with van der Waals surface area (Å²) in [6.45, 7) is 12.4. The number of hydrogen-bond donors (Lipinski definition) is 1. The molecule has 1 aliphatic heterocycles. The molecule has 1 aromatic heterocycles. The van der Waals surface area contributed by atoms with Crippen LogP contribution in [0.15, 0.2) is 0 Å². The maximum absolute atomic E-state index is 12.8. The van der Waals surface area contributed by atoms with Crippen molar-refractivity contribution < 1.29 is 4.79 Å². The first-order valence-corrected chi connectivity index (χ1v) is 9.98. The van der Waals surface area contributed by atoms with Gasteiger partial charge in [0.15, 0.2) is 0 Å². The Morgan fingerprint density at radius 3 is 2.42 bits per heavy atom. The molecule has 0 bridgehead atoms. The van der Waals surface area contributed by atoms with Crippen LogP contribution in [-0.2, 0) is 17.8 Å². The number of halogens is 1. The Morgan fingerprint density at radius 2 is 1.85 bits per heavy atom. The lowest BCUT2D eigenvalue weighted by Gasteiger charge is -2.32. The predicted octanol–water partition coefficient (Wildman–Crippen LogP) is 3.11. The van der Waals surface area contributed by atoms with Crippen LogP contribution in [0.2, 0.25) is 0 Å². The van der Waals surface area contributed by atoms with Gasteiger partial charge in [0, 0.05) is 36.9 Å². The highest BCUT2D eigenvalue weighted by Crippen LogP contribution is 2.28. The van der Waals surface area contributed by atoms with Crippen LogP contribution >= 0.6 is 12.4 Å². The monoisotopic (exact) mass is 382 g/mol. The third-order valence-corrected chi connectivity index (χ3v) is 5.64. The van der Waals surface area contributed by atoms with Gasteiger partial charge in [-0.25, -0.2) is 0 Å². The fourth-order valence-corrected chi connectivity index (χ4v) is 3.76. The van der Waals surface area contributed by atoms with E-state index < -0.39 is 0 Å². The molecule has 6 heteroatoms. The van der Waals surface area contributed by atoms with Crippen LogP contribution in [-0.4, -0.2) is 46.3 Å². The number of rotatable bonds is 7. The number of piperidine rings is 1. The Bertz CT molecular complexity index is 601. The second-order valence-corrected chi connectivity index (χ2v) is 8.41. The Morgan fingerprint density at radius 1 is 1.19 bits per heavy atom. The van der Waals surface area contributed by atoms with Crippen molar-refractivity contribution in [3.63, 3.8) is 0 Å². The molecule has 0 spiro atoms. The zero-order valence-corrected chi connectivity index (χ0v) is 17.6. The van der Waals surface area contributed by atoms with Crippen molar-refractivity contribution in [3.05, 3.63) is 17.0 Å². The number of nitrogens with zero attached hydrogens (tertiary/aromatic N) is 3. The number of carbonyl (C=O) groups excluding carboxylic acids is 1. The molecule has 0 aromatic carbocycles. The van der Waals surface area contributed by atoms with E-state index >= 15 is 0 Å². The molecule has 0 unspecified atom stereocenters. The smallest absolute Gasteiger partial charge is 0.227 e. The summed E-state index contributed by atoms with van der Waals surface area (Å²) in [6, 6.07) is 0.599. The average molecular weight is 383 g/mol. The van der Waals surface area contributed by atoms with Gasteiger partial charge < -0.3 is 10.2 Å². The van der Waals surface area contributed by atoms with E-state index in [9.17, 15) is 4.79 Å². The molecule has 3 rings (SSSR count). The average Bonchev–Trinajstić information content (AvgIpc) is 3.36. The van der Waals surface area contributed by atoms with Crippen molar-refractivity contribution in [2.24, 2.45) is 11.8 Å². The number of nitrogens with one attached hydrogen (secondary N) is 1. The fraction of sp³-hybridized carbons (Fsp3) is 0.800. The van der Waals surface area contributed by atoms with Crippen molar-refractivity contribution in [2.45, 2.75) is 72.4 Å². The van der Waals surface area contributed by atoms with Crippen LogP contribution in [0.4, 0.5) is 0 Å². The lowest BCUT2D eigenvalue weighted by Crippen LogP contribution is -2.45. The van der Waals surface area contributed by atoms with Crippen molar-refractivity contribution in [2.75, 3.05) is 19.6 Å². The molecule has 2 heterocycles. The summed E-state index contributed by atoms with van der Waals surface area (Å²) >= 11 is 0. The maximum Gasteiger partial charge on any atom is 0.227 e. The minimum absolute atomic E-state index is 0. The molecule has 1 N–H and O–H groups in total. The van der Waals surface area contributed by atoms with E-state index in [0.29, 0.717) is 18.4 Å². The van der Waals surface area contributed by atoms with Gasteiger partial charge in [0.05, 0.1) is 12.1 Å². The van der Waals surface area contributed by atoms with Crippen LogP contribution in [0.5, 0.6) is 0 Å². The zero-order valence-electron chi connectivity index (χ0n) is 16.8. The molecule has 1 amide bonds. The standard InChI is InChI=1S/C20H34N4O.ClH/c1-14(2)13-24-16(4)19(15(3)22-24)11-20(25)23-9-7-18(8-10-23)21-12-17-5-6-17;/h14,17-18,21H,5-13H2,1-4H3;1H. The SMILES string of the molecule is Cc1nn(CC(C)C)c(C)c1CC(=O)N1CCC(NCC2CC2)CC1.Cl. The van der Waals surface area contributed by atoms with Gasteiger partial charge in [-0.2, -0.15) is 5.10 Å². The molecule has 1 saturated heterocycles. The topological polar surface area (TPSA) is 50.2 Å². The molecular formula is C20H35ClN4O. The van der Waals surface area contributed by atoms with Gasteiger partial charge in [0.2, 0.25) is 5.91 Å². The normalized spacial score (nSPS) is 18.3. The Balaban J connectivity index is 0.00000243. The van der Waals surface area contributed by atoms with Gasteiger partial charge in [-0.15, -0.1) is 12.4 Å². The number of carbonyl (C=O) groups is 1. The van der Waals surface area contributed by atoms with Gasteiger partial charge >= 0.3 is 0 Å². The third kappa shape index (κ3) is 5.46. The summed E-state index contributed by atoms with van der Waals surface area (Å²) < 4.78 is 2.07. The number of aromatic nitrogens is 2. The van der Waals surface area contributed by atoms with E-state index in [1.807, 2.05) is 11.8 Å². The summed E-state index contributed by atoms with van der Waals surface area (Å²) in [5.41, 5.74) is 3.28. The fourth-order valence-electron chi connectivity index (χ4n) is 3.76. The summed E-state index contributed by atoms with van der Waals surface area (Å²) in [7, 11) is 0. The molecule has 1 aliphatic carbocycles. The van der Waals surface area contributed by atoms with Crippen molar-refractivity contribution in [3.8, 4) is 0 Å². The molecule has 2 fully saturated rings. The van der Waals surface area contributed by atoms with E-state index in [0.717, 1.165) is 55.3 Å². The van der Waals surface area contributed by atoms with Crippen LogP contribution in [0.1, 0.15) is 56.5 Å². The van der Waals surface area contributed by atoms with Gasteiger partial charge in [-0.1, -0.05) is 13.8 Å². The predicted molar refractivity (Wildman–Crippen MR) is 108 cm³/mol. The summed E-state index contributed by atoms with van der Waals surface area (Å²) in [6.07, 6.45) is 5.46.